The van der Waals surface area contributed by atoms with Crippen LogP contribution in [0.15, 0.2) is 46.9 Å². The molecule has 30 heavy (non-hydrogen) atoms. The first-order chi connectivity index (χ1) is 14.2. The number of nitrogens with one attached hydrogen (secondary N) is 2. The van der Waals surface area contributed by atoms with Gasteiger partial charge in [0.1, 0.15) is 17.8 Å². The lowest BCUT2D eigenvalue weighted by Crippen LogP contribution is -2.42. The molecule has 1 aliphatic rings. The highest BCUT2D eigenvalue weighted by molar-refractivity contribution is 9.10. The third-order valence-corrected chi connectivity index (χ3v) is 5.14. The molecule has 10 nitrogen and oxygen atoms in total. The fourth-order valence-electron chi connectivity index (χ4n) is 3.08. The van der Waals surface area contributed by atoms with Crippen LogP contribution in [0.4, 0.5) is 16.2 Å². The molecule has 1 atom stereocenters. The van der Waals surface area contributed by atoms with Gasteiger partial charge in [-0.1, -0.05) is 28.1 Å². The fourth-order valence-corrected chi connectivity index (χ4v) is 3.48. The van der Waals surface area contributed by atoms with Gasteiger partial charge in [0.2, 0.25) is 5.91 Å². The molecule has 2 aromatic rings. The van der Waals surface area contributed by atoms with Gasteiger partial charge < -0.3 is 15.4 Å². The van der Waals surface area contributed by atoms with Crippen molar-refractivity contribution in [2.24, 2.45) is 0 Å². The summed E-state index contributed by atoms with van der Waals surface area (Å²) in [6.07, 6.45) is 0. The van der Waals surface area contributed by atoms with Crippen LogP contribution in [-0.2, 0) is 15.1 Å². The zero-order valence-corrected chi connectivity index (χ0v) is 17.6. The van der Waals surface area contributed by atoms with Crippen LogP contribution in [0.3, 0.4) is 0 Å². The van der Waals surface area contributed by atoms with Crippen molar-refractivity contribution in [1.29, 1.82) is 0 Å². The molecule has 11 heteroatoms. The zero-order valence-electron chi connectivity index (χ0n) is 16.0. The Hall–Kier alpha value is -3.47. The van der Waals surface area contributed by atoms with Crippen molar-refractivity contribution < 1.29 is 24.0 Å². The summed E-state index contributed by atoms with van der Waals surface area (Å²) < 4.78 is 5.83. The van der Waals surface area contributed by atoms with Gasteiger partial charge in [0.15, 0.2) is 0 Å². The van der Waals surface area contributed by atoms with E-state index in [0.717, 1.165) is 15.4 Å². The lowest BCUT2D eigenvalue weighted by atomic mass is 9.92. The molecule has 1 heterocycles. The van der Waals surface area contributed by atoms with Crippen molar-refractivity contribution >= 4 is 45.2 Å². The molecule has 2 N–H and O–H groups in total. The summed E-state index contributed by atoms with van der Waals surface area (Å²) in [6, 6.07) is 9.90. The summed E-state index contributed by atoms with van der Waals surface area (Å²) in [6.45, 7) is 0.983. The van der Waals surface area contributed by atoms with Crippen molar-refractivity contribution in [2.75, 3.05) is 19.0 Å². The van der Waals surface area contributed by atoms with Crippen LogP contribution in [0, 0.1) is 10.1 Å². The molecule has 156 valence electrons. The van der Waals surface area contributed by atoms with Gasteiger partial charge in [0.05, 0.1) is 17.7 Å². The molecule has 0 spiro atoms. The molecule has 0 aromatic heterocycles. The normalized spacial score (nSPS) is 18.2. The number of hydrogen-bond donors (Lipinski definition) is 2. The minimum atomic E-state index is -1.33. The molecule has 0 saturated carbocycles. The first-order valence-corrected chi connectivity index (χ1v) is 9.47. The Kier molecular flexibility index (Phi) is 5.74. The molecular weight excluding hydrogens is 460 g/mol. The maximum absolute atomic E-state index is 12.9. The van der Waals surface area contributed by atoms with Crippen LogP contribution < -0.4 is 15.4 Å². The number of nitrogens with zero attached hydrogens (tertiary/aromatic N) is 2. The van der Waals surface area contributed by atoms with E-state index >= 15 is 0 Å². The first kappa shape index (κ1) is 21.2. The van der Waals surface area contributed by atoms with Gasteiger partial charge in [-0.25, -0.2) is 4.79 Å². The van der Waals surface area contributed by atoms with E-state index in [1.807, 2.05) is 0 Å². The standard InChI is InChI=1S/C19H17BrN4O6/c1-19(11-4-3-5-12(20)8-11)17(26)23(18(27)22-19)10-16(25)21-14-9-13(24(28)29)6-7-15(14)30-2/h3-9H,10H2,1-2H3,(H,21,25)(H,22,27)/t19-/m1/s1. The van der Waals surface area contributed by atoms with Gasteiger partial charge in [-0.05, 0) is 30.7 Å². The van der Waals surface area contributed by atoms with E-state index < -0.39 is 34.9 Å². The predicted molar refractivity (Wildman–Crippen MR) is 110 cm³/mol. The predicted octanol–water partition coefficient (Wildman–Crippen LogP) is 2.77. The summed E-state index contributed by atoms with van der Waals surface area (Å²) >= 11 is 3.33. The summed E-state index contributed by atoms with van der Waals surface area (Å²) in [7, 11) is 1.34. The Morgan fingerprint density at radius 3 is 2.67 bits per heavy atom. The summed E-state index contributed by atoms with van der Waals surface area (Å²) in [5.41, 5.74) is -0.968. The van der Waals surface area contributed by atoms with E-state index in [9.17, 15) is 24.5 Å². The molecule has 2 aromatic carbocycles. The number of benzene rings is 2. The number of carbonyl (C=O) groups is 3. The smallest absolute Gasteiger partial charge is 0.325 e. The lowest BCUT2D eigenvalue weighted by molar-refractivity contribution is -0.384. The number of anilines is 1. The molecule has 4 amide bonds. The molecule has 3 rings (SSSR count). The molecular formula is C19H17BrN4O6. The number of hydrogen-bond acceptors (Lipinski definition) is 6. The van der Waals surface area contributed by atoms with Gasteiger partial charge in [-0.15, -0.1) is 0 Å². The van der Waals surface area contributed by atoms with E-state index in [4.69, 9.17) is 4.74 Å². The van der Waals surface area contributed by atoms with Crippen LogP contribution in [0.5, 0.6) is 5.75 Å². The monoisotopic (exact) mass is 476 g/mol. The SMILES string of the molecule is COc1ccc([N+](=O)[O-])cc1NC(=O)CN1C(=O)N[C@](C)(c2cccc(Br)c2)C1=O. The highest BCUT2D eigenvalue weighted by atomic mass is 79.9. The van der Waals surface area contributed by atoms with Crippen molar-refractivity contribution in [1.82, 2.24) is 10.2 Å². The summed E-state index contributed by atoms with van der Waals surface area (Å²) in [5.74, 6) is -1.10. The Balaban J connectivity index is 1.79. The van der Waals surface area contributed by atoms with E-state index in [0.29, 0.717) is 5.56 Å². The zero-order chi connectivity index (χ0) is 22.1. The third kappa shape index (κ3) is 3.96. The Labute approximate surface area is 179 Å². The van der Waals surface area contributed by atoms with Crippen LogP contribution in [0.25, 0.3) is 0 Å². The maximum Gasteiger partial charge on any atom is 0.325 e. The van der Waals surface area contributed by atoms with Crippen molar-refractivity contribution in [2.45, 2.75) is 12.5 Å². The number of urea groups is 1. The highest BCUT2D eigenvalue weighted by Gasteiger charge is 2.49. The molecule has 1 saturated heterocycles. The summed E-state index contributed by atoms with van der Waals surface area (Å²) in [5, 5.41) is 16.0. The van der Waals surface area contributed by atoms with Gasteiger partial charge >= 0.3 is 6.03 Å². The number of halogens is 1. The molecule has 0 aliphatic carbocycles. The minimum absolute atomic E-state index is 0.0542. The number of ether oxygens (including phenoxy) is 1. The van der Waals surface area contributed by atoms with Crippen molar-refractivity contribution in [3.05, 3.63) is 62.6 Å². The minimum Gasteiger partial charge on any atom is -0.495 e. The van der Waals surface area contributed by atoms with Gasteiger partial charge in [0.25, 0.3) is 11.6 Å². The van der Waals surface area contributed by atoms with Gasteiger partial charge in [-0.2, -0.15) is 0 Å². The van der Waals surface area contributed by atoms with Crippen molar-refractivity contribution in [3.63, 3.8) is 0 Å². The molecule has 1 aliphatic heterocycles. The average Bonchev–Trinajstić information content (AvgIpc) is 2.92. The second-order valence-electron chi connectivity index (χ2n) is 6.65. The van der Waals surface area contributed by atoms with Crippen LogP contribution in [0.2, 0.25) is 0 Å². The maximum atomic E-state index is 12.9. The largest absolute Gasteiger partial charge is 0.495 e. The van der Waals surface area contributed by atoms with Crippen LogP contribution in [0.1, 0.15) is 12.5 Å². The molecule has 0 unspecified atom stereocenters. The fraction of sp³-hybridized carbons (Fsp3) is 0.211. The molecule has 0 radical (unpaired) electrons. The second-order valence-corrected chi connectivity index (χ2v) is 7.56. The van der Waals surface area contributed by atoms with Crippen molar-refractivity contribution in [3.8, 4) is 5.75 Å². The third-order valence-electron chi connectivity index (χ3n) is 4.65. The van der Waals surface area contributed by atoms with E-state index in [1.54, 1.807) is 31.2 Å². The van der Waals surface area contributed by atoms with E-state index in [2.05, 4.69) is 26.6 Å². The van der Waals surface area contributed by atoms with Crippen LogP contribution >= 0.6 is 15.9 Å². The van der Waals surface area contributed by atoms with E-state index in [-0.39, 0.29) is 17.1 Å². The lowest BCUT2D eigenvalue weighted by Gasteiger charge is -2.22. The first-order valence-electron chi connectivity index (χ1n) is 8.68. The van der Waals surface area contributed by atoms with Gasteiger partial charge in [-0.3, -0.25) is 24.6 Å². The van der Waals surface area contributed by atoms with E-state index in [1.165, 1.54) is 19.2 Å². The number of non-ortho nitro benzene ring substituents is 1. The topological polar surface area (TPSA) is 131 Å². The Bertz CT molecular complexity index is 1060. The number of carbonyl (C=O) groups excluding carboxylic acids is 3. The molecule has 0 bridgehead atoms. The van der Waals surface area contributed by atoms with Gasteiger partial charge in [0, 0.05) is 16.6 Å². The number of rotatable bonds is 6. The van der Waals surface area contributed by atoms with Crippen LogP contribution in [-0.4, -0.2) is 41.3 Å². The highest BCUT2D eigenvalue weighted by Crippen LogP contribution is 2.31. The number of methoxy groups -OCH3 is 1. The Morgan fingerprint density at radius 2 is 2.03 bits per heavy atom. The number of amides is 4. The Morgan fingerprint density at radius 1 is 1.30 bits per heavy atom. The average molecular weight is 477 g/mol. The molecule has 1 fully saturated rings. The quantitative estimate of drug-likeness (QED) is 0.374. The number of nitro groups is 1. The number of nitro benzene ring substituents is 1. The number of imide groups is 1. The second kappa shape index (κ2) is 8.11. The summed E-state index contributed by atoms with van der Waals surface area (Å²) in [4.78, 5) is 49.0.